The third-order valence-electron chi connectivity index (χ3n) is 2.19. The molecule has 3 N–H and O–H groups in total. The number of amides is 1. The van der Waals surface area contributed by atoms with E-state index in [0.717, 1.165) is 0 Å². The monoisotopic (exact) mass is 272 g/mol. The molecule has 0 aliphatic rings. The number of hydrogen-bond donors (Lipinski definition) is 2. The van der Waals surface area contributed by atoms with E-state index in [9.17, 15) is 4.79 Å². The van der Waals surface area contributed by atoms with Crippen LogP contribution in [0.4, 0.5) is 10.9 Å². The largest absolute Gasteiger partial charge is 0.382 e. The van der Waals surface area contributed by atoms with Crippen LogP contribution >= 0.6 is 11.3 Å². The van der Waals surface area contributed by atoms with Crippen LogP contribution in [0.1, 0.15) is 23.5 Å². The second-order valence-electron chi connectivity index (χ2n) is 4.88. The molecule has 0 unspecified atom stereocenters. The number of thiazole rings is 1. The number of rotatable bonds is 5. The van der Waals surface area contributed by atoms with Crippen LogP contribution in [0, 0.1) is 0 Å². The number of hydrogen-bond acceptors (Lipinski definition) is 6. The Hall–Kier alpha value is -1.34. The Kier molecular flexibility index (Phi) is 4.53. The van der Waals surface area contributed by atoms with Gasteiger partial charge >= 0.3 is 0 Å². The molecule has 18 heavy (non-hydrogen) atoms. The van der Waals surface area contributed by atoms with Gasteiger partial charge in [-0.15, -0.1) is 0 Å². The number of methoxy groups -OCH3 is 1. The summed E-state index contributed by atoms with van der Waals surface area (Å²) in [5, 5.41) is 3.58. The number of anilines is 2. The predicted molar refractivity (Wildman–Crippen MR) is 74.3 cm³/mol. The molecule has 0 spiro atoms. The fraction of sp³-hybridized carbons (Fsp3) is 0.636. The number of nitrogens with one attached hydrogen (secondary N) is 1. The molecule has 0 aliphatic carbocycles. The van der Waals surface area contributed by atoms with E-state index in [1.54, 1.807) is 7.11 Å². The van der Waals surface area contributed by atoms with Gasteiger partial charge in [0.2, 0.25) is 0 Å². The molecule has 0 bridgehead atoms. The number of nitrogen functional groups attached to an aromatic ring is 1. The molecule has 102 valence electrons. The van der Waals surface area contributed by atoms with Crippen molar-refractivity contribution in [1.29, 1.82) is 0 Å². The molecular formula is C11H20N4O2S. The van der Waals surface area contributed by atoms with Crippen molar-refractivity contribution in [3.05, 3.63) is 4.88 Å². The van der Waals surface area contributed by atoms with Crippen molar-refractivity contribution in [2.24, 2.45) is 0 Å². The average Bonchev–Trinajstić information content (AvgIpc) is 2.59. The van der Waals surface area contributed by atoms with Gasteiger partial charge in [0.05, 0.1) is 12.1 Å². The van der Waals surface area contributed by atoms with Crippen molar-refractivity contribution in [2.75, 3.05) is 38.4 Å². The molecular weight excluding hydrogens is 252 g/mol. The molecule has 0 saturated carbocycles. The zero-order valence-corrected chi connectivity index (χ0v) is 12.2. The lowest BCUT2D eigenvalue weighted by molar-refractivity contribution is 0.0824. The van der Waals surface area contributed by atoms with Crippen molar-refractivity contribution >= 4 is 28.2 Å². The first-order valence-electron chi connectivity index (χ1n) is 5.52. The average molecular weight is 272 g/mol. The number of ether oxygens (including phenoxy) is 1. The highest BCUT2D eigenvalue weighted by Crippen LogP contribution is 2.27. The Balaban J connectivity index is 2.84. The fourth-order valence-electron chi connectivity index (χ4n) is 1.44. The van der Waals surface area contributed by atoms with Gasteiger partial charge < -0.3 is 20.7 Å². The van der Waals surface area contributed by atoms with Crippen LogP contribution in [-0.2, 0) is 4.74 Å². The molecule has 6 nitrogen and oxygen atoms in total. The summed E-state index contributed by atoms with van der Waals surface area (Å²) in [6, 6.07) is 0. The number of nitrogens with two attached hydrogens (primary N) is 1. The van der Waals surface area contributed by atoms with Crippen LogP contribution in [-0.4, -0.2) is 44.2 Å². The summed E-state index contributed by atoms with van der Waals surface area (Å²) in [5.41, 5.74) is 5.31. The molecule has 1 heterocycles. The van der Waals surface area contributed by atoms with Gasteiger partial charge in [-0.3, -0.25) is 4.79 Å². The lowest BCUT2D eigenvalue weighted by Gasteiger charge is -2.24. The maximum atomic E-state index is 12.1. The Labute approximate surface area is 111 Å². The number of aromatic nitrogens is 1. The van der Waals surface area contributed by atoms with E-state index in [2.05, 4.69) is 10.3 Å². The highest BCUT2D eigenvalue weighted by Gasteiger charge is 2.24. The standard InChI is InChI=1S/C11H20N4O2S/c1-11(2,6-17-5)14-9(16)7-8(12)13-10(18-7)15(3)4/h6,12H2,1-5H3,(H,14,16). The molecule has 1 aromatic rings. The van der Waals surface area contributed by atoms with Gasteiger partial charge in [-0.2, -0.15) is 0 Å². The van der Waals surface area contributed by atoms with Gasteiger partial charge in [0.25, 0.3) is 5.91 Å². The van der Waals surface area contributed by atoms with E-state index >= 15 is 0 Å². The molecule has 1 amide bonds. The Morgan fingerprint density at radius 3 is 2.61 bits per heavy atom. The topological polar surface area (TPSA) is 80.5 Å². The van der Waals surface area contributed by atoms with E-state index in [0.29, 0.717) is 16.6 Å². The maximum absolute atomic E-state index is 12.1. The fourth-order valence-corrected chi connectivity index (χ4v) is 2.24. The van der Waals surface area contributed by atoms with Crippen molar-refractivity contribution in [3.63, 3.8) is 0 Å². The van der Waals surface area contributed by atoms with Gasteiger partial charge in [0.1, 0.15) is 10.7 Å². The van der Waals surface area contributed by atoms with Crippen LogP contribution in [0.3, 0.4) is 0 Å². The smallest absolute Gasteiger partial charge is 0.265 e. The van der Waals surface area contributed by atoms with E-state index < -0.39 is 5.54 Å². The van der Waals surface area contributed by atoms with Crippen LogP contribution in [0.15, 0.2) is 0 Å². The van der Waals surface area contributed by atoms with E-state index in [1.807, 2.05) is 32.8 Å². The maximum Gasteiger partial charge on any atom is 0.265 e. The minimum Gasteiger partial charge on any atom is -0.382 e. The van der Waals surface area contributed by atoms with Gasteiger partial charge in [-0.1, -0.05) is 11.3 Å². The molecule has 0 fully saturated rings. The van der Waals surface area contributed by atoms with E-state index in [4.69, 9.17) is 10.5 Å². The highest BCUT2D eigenvalue weighted by molar-refractivity contribution is 7.18. The summed E-state index contributed by atoms with van der Waals surface area (Å²) in [5.74, 6) is 0.0366. The molecule has 7 heteroatoms. The Morgan fingerprint density at radius 1 is 1.56 bits per heavy atom. The molecule has 1 aromatic heterocycles. The van der Waals surface area contributed by atoms with Gasteiger partial charge in [-0.05, 0) is 13.8 Å². The second kappa shape index (κ2) is 5.53. The van der Waals surface area contributed by atoms with Crippen molar-refractivity contribution < 1.29 is 9.53 Å². The van der Waals surface area contributed by atoms with Crippen molar-refractivity contribution in [3.8, 4) is 0 Å². The summed E-state index contributed by atoms with van der Waals surface area (Å²) >= 11 is 1.27. The minimum absolute atomic E-state index is 0.222. The number of nitrogens with zero attached hydrogens (tertiary/aromatic N) is 2. The minimum atomic E-state index is -0.444. The third-order valence-corrected chi connectivity index (χ3v) is 3.43. The quantitative estimate of drug-likeness (QED) is 0.834. The summed E-state index contributed by atoms with van der Waals surface area (Å²) in [4.78, 5) is 18.5. The third kappa shape index (κ3) is 3.58. The summed E-state index contributed by atoms with van der Waals surface area (Å²) in [6.45, 7) is 4.20. The van der Waals surface area contributed by atoms with Crippen molar-refractivity contribution in [2.45, 2.75) is 19.4 Å². The molecule has 0 aromatic carbocycles. The molecule has 0 saturated heterocycles. The number of carbonyl (C=O) groups is 1. The molecule has 0 aliphatic heterocycles. The number of carbonyl (C=O) groups excluding carboxylic acids is 1. The van der Waals surface area contributed by atoms with E-state index in [-0.39, 0.29) is 11.7 Å². The SMILES string of the molecule is COCC(C)(C)NC(=O)c1sc(N(C)C)nc1N. The first kappa shape index (κ1) is 14.7. The first-order chi connectivity index (χ1) is 8.26. The summed E-state index contributed by atoms with van der Waals surface area (Å²) in [7, 11) is 5.31. The normalized spacial score (nSPS) is 11.4. The highest BCUT2D eigenvalue weighted by atomic mass is 32.1. The van der Waals surface area contributed by atoms with Crippen LogP contribution in [0.5, 0.6) is 0 Å². The van der Waals surface area contributed by atoms with Gasteiger partial charge in [0, 0.05) is 21.2 Å². The zero-order valence-electron chi connectivity index (χ0n) is 11.4. The van der Waals surface area contributed by atoms with Crippen LogP contribution < -0.4 is 16.0 Å². The Morgan fingerprint density at radius 2 is 2.17 bits per heavy atom. The molecule has 1 rings (SSSR count). The lowest BCUT2D eigenvalue weighted by atomic mass is 10.1. The van der Waals surface area contributed by atoms with Gasteiger partial charge in [0.15, 0.2) is 5.13 Å². The van der Waals surface area contributed by atoms with Crippen molar-refractivity contribution in [1.82, 2.24) is 10.3 Å². The zero-order chi connectivity index (χ0) is 13.9. The van der Waals surface area contributed by atoms with Crippen LogP contribution in [0.25, 0.3) is 0 Å². The summed E-state index contributed by atoms with van der Waals surface area (Å²) < 4.78 is 5.05. The first-order valence-corrected chi connectivity index (χ1v) is 6.33. The second-order valence-corrected chi connectivity index (χ2v) is 5.85. The predicted octanol–water partition coefficient (Wildman–Crippen LogP) is 0.946. The molecule has 0 radical (unpaired) electrons. The van der Waals surface area contributed by atoms with Gasteiger partial charge in [-0.25, -0.2) is 4.98 Å². The van der Waals surface area contributed by atoms with Crippen LogP contribution in [0.2, 0.25) is 0 Å². The lowest BCUT2D eigenvalue weighted by Crippen LogP contribution is -2.46. The Bertz CT molecular complexity index is 429. The molecule has 0 atom stereocenters. The van der Waals surface area contributed by atoms with E-state index in [1.165, 1.54) is 11.3 Å². The summed E-state index contributed by atoms with van der Waals surface area (Å²) in [6.07, 6.45) is 0.